The minimum absolute atomic E-state index is 0.0592. The van der Waals surface area contributed by atoms with Crippen LogP contribution in [0.4, 0.5) is 10.5 Å². The first kappa shape index (κ1) is 20.3. The Hall–Kier alpha value is -3.02. The first-order valence-corrected chi connectivity index (χ1v) is 10.7. The summed E-state index contributed by atoms with van der Waals surface area (Å²) in [6.45, 7) is 7.55. The molecule has 6 nitrogen and oxygen atoms in total. The van der Waals surface area contributed by atoms with Crippen molar-refractivity contribution in [2.24, 2.45) is 0 Å². The van der Waals surface area contributed by atoms with E-state index in [9.17, 15) is 9.59 Å². The van der Waals surface area contributed by atoms with Crippen molar-refractivity contribution in [3.63, 3.8) is 0 Å². The van der Waals surface area contributed by atoms with Gasteiger partial charge in [0.05, 0.1) is 6.61 Å². The number of hydrogen-bond acceptors (Lipinski definition) is 4. The smallest absolute Gasteiger partial charge is 0.409 e. The zero-order valence-corrected chi connectivity index (χ0v) is 17.9. The molecule has 30 heavy (non-hydrogen) atoms. The molecule has 2 aromatic carbocycles. The molecule has 1 saturated heterocycles. The molecular formula is C24H29N3O3. The summed E-state index contributed by atoms with van der Waals surface area (Å²) in [5.41, 5.74) is 5.15. The Morgan fingerprint density at radius 3 is 2.40 bits per heavy atom. The van der Waals surface area contributed by atoms with E-state index in [1.807, 2.05) is 42.2 Å². The topological polar surface area (TPSA) is 61.9 Å². The van der Waals surface area contributed by atoms with Crippen LogP contribution < -0.4 is 5.32 Å². The van der Waals surface area contributed by atoms with E-state index in [0.717, 1.165) is 40.8 Å². The molecule has 4 rings (SSSR count). The summed E-state index contributed by atoms with van der Waals surface area (Å²) in [4.78, 5) is 29.1. The second kappa shape index (κ2) is 8.38. The maximum absolute atomic E-state index is 13.4. The first-order valence-electron chi connectivity index (χ1n) is 10.7. The lowest BCUT2D eigenvalue weighted by Crippen LogP contribution is -2.49. The van der Waals surface area contributed by atoms with Gasteiger partial charge in [-0.25, -0.2) is 4.79 Å². The van der Waals surface area contributed by atoms with Crippen molar-refractivity contribution < 1.29 is 14.3 Å². The number of nitrogens with zero attached hydrogens (tertiary/aromatic N) is 2. The fraction of sp³-hybridized carbons (Fsp3) is 0.417. The summed E-state index contributed by atoms with van der Waals surface area (Å²) in [5, 5.41) is 3.67. The molecule has 2 aliphatic rings. The van der Waals surface area contributed by atoms with Crippen LogP contribution in [0.25, 0.3) is 0 Å². The van der Waals surface area contributed by atoms with Crippen molar-refractivity contribution in [1.29, 1.82) is 0 Å². The normalized spacial score (nSPS) is 19.0. The number of amides is 2. The number of benzene rings is 2. The van der Waals surface area contributed by atoms with Gasteiger partial charge < -0.3 is 19.9 Å². The fourth-order valence-corrected chi connectivity index (χ4v) is 4.58. The highest BCUT2D eigenvalue weighted by Crippen LogP contribution is 2.39. The minimum atomic E-state index is -0.266. The zero-order valence-electron chi connectivity index (χ0n) is 17.9. The molecule has 0 aliphatic carbocycles. The van der Waals surface area contributed by atoms with Crippen LogP contribution in [0.15, 0.2) is 42.5 Å². The number of piperidine rings is 1. The molecular weight excluding hydrogens is 378 g/mol. The van der Waals surface area contributed by atoms with Crippen LogP contribution in [-0.4, -0.2) is 47.5 Å². The number of fused-ring (bicyclic) bond motifs is 1. The lowest BCUT2D eigenvalue weighted by Gasteiger charge is -2.39. The highest BCUT2D eigenvalue weighted by Gasteiger charge is 2.42. The molecule has 2 heterocycles. The quantitative estimate of drug-likeness (QED) is 0.811. The average molecular weight is 408 g/mol. The third kappa shape index (κ3) is 3.62. The van der Waals surface area contributed by atoms with Crippen molar-refractivity contribution in [2.75, 3.05) is 25.0 Å². The molecule has 0 spiro atoms. The largest absolute Gasteiger partial charge is 0.450 e. The first-order chi connectivity index (χ1) is 14.5. The van der Waals surface area contributed by atoms with E-state index < -0.39 is 0 Å². The zero-order chi connectivity index (χ0) is 21.3. The van der Waals surface area contributed by atoms with E-state index >= 15 is 0 Å². The Kier molecular flexibility index (Phi) is 5.66. The van der Waals surface area contributed by atoms with Gasteiger partial charge in [0.25, 0.3) is 5.91 Å². The summed E-state index contributed by atoms with van der Waals surface area (Å²) < 4.78 is 5.13. The molecule has 1 atom stereocenters. The van der Waals surface area contributed by atoms with Gasteiger partial charge in [-0.2, -0.15) is 0 Å². The van der Waals surface area contributed by atoms with Crippen molar-refractivity contribution in [1.82, 2.24) is 9.80 Å². The number of nitrogens with one attached hydrogen (secondary N) is 1. The van der Waals surface area contributed by atoms with E-state index in [4.69, 9.17) is 4.74 Å². The van der Waals surface area contributed by atoms with Crippen LogP contribution in [0.5, 0.6) is 0 Å². The number of hydrogen-bond donors (Lipinski definition) is 1. The molecule has 0 unspecified atom stereocenters. The van der Waals surface area contributed by atoms with Crippen molar-refractivity contribution in [2.45, 2.75) is 45.8 Å². The van der Waals surface area contributed by atoms with E-state index in [1.54, 1.807) is 4.90 Å². The number of carbonyl (C=O) groups is 2. The van der Waals surface area contributed by atoms with Gasteiger partial charge in [0.2, 0.25) is 0 Å². The molecule has 1 fully saturated rings. The molecule has 2 amide bonds. The average Bonchev–Trinajstić information content (AvgIpc) is 3.03. The second-order valence-corrected chi connectivity index (χ2v) is 8.03. The number of likely N-dealkylation sites (tertiary alicyclic amines) is 1. The molecule has 0 bridgehead atoms. The standard InChI is InChI=1S/C24H29N3O3/c1-4-30-24(29)26-14-12-18(13-15-26)27-22(19-10-5-6-11-20(19)23(27)28)25-21-16(2)8-7-9-17(21)3/h5-11,18,22,25H,4,12-15H2,1-3H3/t22-/m0/s1. The van der Waals surface area contributed by atoms with Crippen LogP contribution in [0, 0.1) is 13.8 Å². The lowest BCUT2D eigenvalue weighted by molar-refractivity contribution is 0.0496. The van der Waals surface area contributed by atoms with Crippen LogP contribution in [0.1, 0.15) is 53.0 Å². The van der Waals surface area contributed by atoms with Gasteiger partial charge in [-0.05, 0) is 50.8 Å². The third-order valence-electron chi connectivity index (χ3n) is 6.14. The number of para-hydroxylation sites is 1. The Morgan fingerprint density at radius 2 is 1.73 bits per heavy atom. The van der Waals surface area contributed by atoms with Gasteiger partial charge in [0.1, 0.15) is 6.17 Å². The fourth-order valence-electron chi connectivity index (χ4n) is 4.58. The van der Waals surface area contributed by atoms with Gasteiger partial charge in [0.15, 0.2) is 0 Å². The predicted molar refractivity (Wildman–Crippen MR) is 117 cm³/mol. The third-order valence-corrected chi connectivity index (χ3v) is 6.14. The van der Waals surface area contributed by atoms with Gasteiger partial charge in [-0.3, -0.25) is 4.79 Å². The maximum atomic E-state index is 13.4. The Labute approximate surface area is 177 Å². The number of ether oxygens (including phenoxy) is 1. The Bertz CT molecular complexity index is 930. The van der Waals surface area contributed by atoms with Crippen molar-refractivity contribution in [3.8, 4) is 0 Å². The van der Waals surface area contributed by atoms with E-state index in [2.05, 4.69) is 31.3 Å². The molecule has 0 radical (unpaired) electrons. The van der Waals surface area contributed by atoms with Crippen molar-refractivity contribution >= 4 is 17.7 Å². The SMILES string of the molecule is CCOC(=O)N1CCC(N2C(=O)c3ccccc3[C@H]2Nc2c(C)cccc2C)CC1. The Morgan fingerprint density at radius 1 is 1.07 bits per heavy atom. The molecule has 0 saturated carbocycles. The summed E-state index contributed by atoms with van der Waals surface area (Å²) in [6.07, 6.45) is 0.997. The van der Waals surface area contributed by atoms with Crippen LogP contribution in [0.3, 0.4) is 0 Å². The summed E-state index contributed by atoms with van der Waals surface area (Å²) in [5.74, 6) is 0.0592. The Balaban J connectivity index is 1.60. The molecule has 0 aromatic heterocycles. The number of carbonyl (C=O) groups excluding carboxylic acids is 2. The van der Waals surface area contributed by atoms with Crippen LogP contribution in [0.2, 0.25) is 0 Å². The number of aryl methyl sites for hydroxylation is 2. The highest BCUT2D eigenvalue weighted by atomic mass is 16.6. The lowest BCUT2D eigenvalue weighted by atomic mass is 10.0. The van der Waals surface area contributed by atoms with Gasteiger partial charge in [-0.15, -0.1) is 0 Å². The van der Waals surface area contributed by atoms with Crippen molar-refractivity contribution in [3.05, 3.63) is 64.7 Å². The monoisotopic (exact) mass is 407 g/mol. The molecule has 6 heteroatoms. The predicted octanol–water partition coefficient (Wildman–Crippen LogP) is 4.49. The number of anilines is 1. The van der Waals surface area contributed by atoms with Crippen LogP contribution >= 0.6 is 0 Å². The summed E-state index contributed by atoms with van der Waals surface area (Å²) >= 11 is 0. The summed E-state index contributed by atoms with van der Waals surface area (Å²) in [6, 6.07) is 14.1. The number of rotatable bonds is 4. The van der Waals surface area contributed by atoms with E-state index in [-0.39, 0.29) is 24.2 Å². The molecule has 2 aromatic rings. The van der Waals surface area contributed by atoms with Gasteiger partial charge in [0, 0.05) is 35.9 Å². The van der Waals surface area contributed by atoms with E-state index in [1.165, 1.54) is 0 Å². The molecule has 1 N–H and O–H groups in total. The maximum Gasteiger partial charge on any atom is 0.409 e. The molecule has 158 valence electrons. The van der Waals surface area contributed by atoms with Gasteiger partial charge >= 0.3 is 6.09 Å². The minimum Gasteiger partial charge on any atom is -0.450 e. The highest BCUT2D eigenvalue weighted by molar-refractivity contribution is 5.99. The van der Waals surface area contributed by atoms with E-state index in [0.29, 0.717) is 19.7 Å². The summed E-state index contributed by atoms with van der Waals surface area (Å²) in [7, 11) is 0. The molecule has 2 aliphatic heterocycles. The van der Waals surface area contributed by atoms with Gasteiger partial charge in [-0.1, -0.05) is 36.4 Å². The second-order valence-electron chi connectivity index (χ2n) is 8.03. The van der Waals surface area contributed by atoms with Crippen LogP contribution in [-0.2, 0) is 4.74 Å².